The Morgan fingerprint density at radius 1 is 1.50 bits per heavy atom. The van der Waals surface area contributed by atoms with Gasteiger partial charge in [0.1, 0.15) is 0 Å². The fraction of sp³-hybridized carbons (Fsp3) is 0.462. The molecule has 0 atom stereocenters. The predicted molar refractivity (Wildman–Crippen MR) is 80.5 cm³/mol. The Balaban J connectivity index is 2.23. The molecule has 7 heteroatoms. The van der Waals surface area contributed by atoms with Gasteiger partial charge in [0.15, 0.2) is 0 Å². The number of hydrogen-bond donors (Lipinski definition) is 0. The second-order valence-electron chi connectivity index (χ2n) is 5.26. The standard InChI is InChI=1S/C13H15ClN2O3S/c1-13(2)8-15(5-6-20-13)12(17)10-4-3-9(16(18)19)7-11(10)14/h3-4,7H,5-6,8H2,1-2H3. The molecule has 0 radical (unpaired) electrons. The molecule has 0 unspecified atom stereocenters. The van der Waals surface area contributed by atoms with Crippen LogP contribution in [0.3, 0.4) is 0 Å². The van der Waals surface area contributed by atoms with Gasteiger partial charge in [0.25, 0.3) is 11.6 Å². The zero-order valence-corrected chi connectivity index (χ0v) is 12.8. The van der Waals surface area contributed by atoms with Crippen molar-refractivity contribution in [1.82, 2.24) is 4.90 Å². The summed E-state index contributed by atoms with van der Waals surface area (Å²) < 4.78 is 0.0150. The van der Waals surface area contributed by atoms with Gasteiger partial charge in [0.2, 0.25) is 0 Å². The maximum atomic E-state index is 12.5. The van der Waals surface area contributed by atoms with Crippen LogP contribution in [0.1, 0.15) is 24.2 Å². The third kappa shape index (κ3) is 3.24. The van der Waals surface area contributed by atoms with E-state index in [2.05, 4.69) is 13.8 Å². The summed E-state index contributed by atoms with van der Waals surface area (Å²) >= 11 is 7.83. The lowest BCUT2D eigenvalue weighted by molar-refractivity contribution is -0.384. The molecule has 0 aliphatic carbocycles. The van der Waals surface area contributed by atoms with Gasteiger partial charge in [-0.25, -0.2) is 0 Å². The van der Waals surface area contributed by atoms with Crippen molar-refractivity contribution >= 4 is 35.0 Å². The van der Waals surface area contributed by atoms with Crippen molar-refractivity contribution in [2.24, 2.45) is 0 Å². The van der Waals surface area contributed by atoms with E-state index in [1.807, 2.05) is 11.8 Å². The molecule has 1 aliphatic rings. The van der Waals surface area contributed by atoms with E-state index in [1.54, 1.807) is 4.90 Å². The van der Waals surface area contributed by atoms with Crippen LogP contribution in [0.25, 0.3) is 0 Å². The lowest BCUT2D eigenvalue weighted by Crippen LogP contribution is -2.46. The number of benzene rings is 1. The minimum atomic E-state index is -0.527. The number of non-ortho nitro benzene ring substituents is 1. The summed E-state index contributed by atoms with van der Waals surface area (Å²) in [5.41, 5.74) is 0.209. The predicted octanol–water partition coefficient (Wildman–Crippen LogP) is 3.22. The highest BCUT2D eigenvalue weighted by Crippen LogP contribution is 2.31. The molecule has 1 fully saturated rings. The monoisotopic (exact) mass is 314 g/mol. The highest BCUT2D eigenvalue weighted by molar-refractivity contribution is 8.00. The first-order valence-electron chi connectivity index (χ1n) is 6.17. The van der Waals surface area contributed by atoms with Crippen molar-refractivity contribution in [2.45, 2.75) is 18.6 Å². The fourth-order valence-corrected chi connectivity index (χ4v) is 3.52. The van der Waals surface area contributed by atoms with E-state index >= 15 is 0 Å². The maximum Gasteiger partial charge on any atom is 0.270 e. The summed E-state index contributed by atoms with van der Waals surface area (Å²) in [4.78, 5) is 24.3. The van der Waals surface area contributed by atoms with Crippen LogP contribution in [0, 0.1) is 10.1 Å². The number of carbonyl (C=O) groups is 1. The Labute approximate surface area is 126 Å². The number of halogens is 1. The molecule has 1 amide bonds. The quantitative estimate of drug-likeness (QED) is 0.621. The van der Waals surface area contributed by atoms with Crippen LogP contribution in [0.5, 0.6) is 0 Å². The maximum absolute atomic E-state index is 12.5. The van der Waals surface area contributed by atoms with Gasteiger partial charge in [-0.1, -0.05) is 11.6 Å². The molecule has 2 rings (SSSR count). The van der Waals surface area contributed by atoms with Crippen molar-refractivity contribution in [3.05, 3.63) is 38.9 Å². The zero-order valence-electron chi connectivity index (χ0n) is 11.3. The van der Waals surface area contributed by atoms with Crippen LogP contribution in [0.2, 0.25) is 5.02 Å². The van der Waals surface area contributed by atoms with Crippen LogP contribution in [0.15, 0.2) is 18.2 Å². The van der Waals surface area contributed by atoms with Crippen molar-refractivity contribution < 1.29 is 9.72 Å². The highest BCUT2D eigenvalue weighted by Gasteiger charge is 2.31. The summed E-state index contributed by atoms with van der Waals surface area (Å²) in [6.07, 6.45) is 0. The zero-order chi connectivity index (χ0) is 14.9. The van der Waals surface area contributed by atoms with Crippen LogP contribution in [0.4, 0.5) is 5.69 Å². The summed E-state index contributed by atoms with van der Waals surface area (Å²) in [5.74, 6) is 0.710. The summed E-state index contributed by atoms with van der Waals surface area (Å²) in [5, 5.41) is 10.8. The van der Waals surface area contributed by atoms with Crippen LogP contribution in [-0.2, 0) is 0 Å². The Bertz CT molecular complexity index is 563. The van der Waals surface area contributed by atoms with Gasteiger partial charge in [-0.2, -0.15) is 11.8 Å². The highest BCUT2D eigenvalue weighted by atomic mass is 35.5. The number of carbonyl (C=O) groups excluding carboxylic acids is 1. The van der Waals surface area contributed by atoms with Gasteiger partial charge in [0.05, 0.1) is 15.5 Å². The number of nitro groups is 1. The Kier molecular flexibility index (Phi) is 4.25. The molecular formula is C13H15ClN2O3S. The van der Waals surface area contributed by atoms with Gasteiger partial charge in [-0.15, -0.1) is 0 Å². The van der Waals surface area contributed by atoms with Crippen molar-refractivity contribution in [3.63, 3.8) is 0 Å². The average molecular weight is 315 g/mol. The Hall–Kier alpha value is -1.27. The van der Waals surface area contributed by atoms with E-state index in [0.717, 1.165) is 5.75 Å². The number of nitrogens with zero attached hydrogens (tertiary/aromatic N) is 2. The van der Waals surface area contributed by atoms with Gasteiger partial charge in [-0.05, 0) is 19.9 Å². The number of hydrogen-bond acceptors (Lipinski definition) is 4. The molecule has 1 saturated heterocycles. The van der Waals surface area contributed by atoms with Gasteiger partial charge < -0.3 is 4.90 Å². The summed E-state index contributed by atoms with van der Waals surface area (Å²) in [6, 6.07) is 3.96. The molecule has 0 spiro atoms. The van der Waals surface area contributed by atoms with E-state index in [4.69, 9.17) is 11.6 Å². The summed E-state index contributed by atoms with van der Waals surface area (Å²) in [6.45, 7) is 5.49. The van der Waals surface area contributed by atoms with Gasteiger partial charge in [-0.3, -0.25) is 14.9 Å². The van der Waals surface area contributed by atoms with E-state index < -0.39 is 4.92 Å². The van der Waals surface area contributed by atoms with Crippen molar-refractivity contribution in [2.75, 3.05) is 18.8 Å². The first-order valence-corrected chi connectivity index (χ1v) is 7.54. The number of amides is 1. The second-order valence-corrected chi connectivity index (χ2v) is 7.47. The molecule has 0 saturated carbocycles. The van der Waals surface area contributed by atoms with Crippen LogP contribution >= 0.6 is 23.4 Å². The topological polar surface area (TPSA) is 63.5 Å². The second kappa shape index (κ2) is 5.61. The largest absolute Gasteiger partial charge is 0.336 e. The number of nitro benzene ring substituents is 1. The molecule has 20 heavy (non-hydrogen) atoms. The van der Waals surface area contributed by atoms with Crippen LogP contribution in [-0.4, -0.2) is 39.3 Å². The van der Waals surface area contributed by atoms with Crippen molar-refractivity contribution in [1.29, 1.82) is 0 Å². The molecular weight excluding hydrogens is 300 g/mol. The Morgan fingerprint density at radius 2 is 2.20 bits per heavy atom. The lowest BCUT2D eigenvalue weighted by atomic mass is 10.1. The molecule has 108 valence electrons. The molecule has 0 N–H and O–H groups in total. The van der Waals surface area contributed by atoms with Gasteiger partial charge in [0, 0.05) is 35.7 Å². The first kappa shape index (κ1) is 15.1. The lowest BCUT2D eigenvalue weighted by Gasteiger charge is -2.37. The summed E-state index contributed by atoms with van der Waals surface area (Å²) in [7, 11) is 0. The minimum absolute atomic E-state index is 0.0150. The van der Waals surface area contributed by atoms with Gasteiger partial charge >= 0.3 is 0 Å². The Morgan fingerprint density at radius 3 is 2.75 bits per heavy atom. The molecule has 0 bridgehead atoms. The number of thioether (sulfide) groups is 1. The van der Waals surface area contributed by atoms with Crippen LogP contribution < -0.4 is 0 Å². The van der Waals surface area contributed by atoms with E-state index in [1.165, 1.54) is 18.2 Å². The molecule has 1 aromatic carbocycles. The normalized spacial score (nSPS) is 17.9. The van der Waals surface area contributed by atoms with Crippen molar-refractivity contribution in [3.8, 4) is 0 Å². The molecule has 0 aromatic heterocycles. The minimum Gasteiger partial charge on any atom is -0.336 e. The fourth-order valence-electron chi connectivity index (χ4n) is 2.15. The smallest absolute Gasteiger partial charge is 0.270 e. The van der Waals surface area contributed by atoms with E-state index in [9.17, 15) is 14.9 Å². The van der Waals surface area contributed by atoms with E-state index in [0.29, 0.717) is 18.7 Å². The molecule has 1 aliphatic heterocycles. The average Bonchev–Trinajstić information content (AvgIpc) is 2.36. The first-order chi connectivity index (χ1) is 9.30. The third-order valence-corrected chi connectivity index (χ3v) is 4.72. The molecule has 5 nitrogen and oxygen atoms in total. The SMILES string of the molecule is CC1(C)CN(C(=O)c2ccc([N+](=O)[O-])cc2Cl)CCS1. The number of rotatable bonds is 2. The molecule has 1 heterocycles. The third-order valence-electron chi connectivity index (χ3n) is 3.11. The van der Waals surface area contributed by atoms with E-state index in [-0.39, 0.29) is 21.4 Å². The molecule has 1 aromatic rings.